The monoisotopic (exact) mass is 341 g/mol. The molecule has 0 aromatic heterocycles. The van der Waals surface area contributed by atoms with Crippen molar-refractivity contribution in [2.45, 2.75) is 31.2 Å². The molecule has 9 heteroatoms. The van der Waals surface area contributed by atoms with Gasteiger partial charge in [0.25, 0.3) is 0 Å². The Bertz CT molecular complexity index is 632. The molecule has 1 saturated heterocycles. The summed E-state index contributed by atoms with van der Waals surface area (Å²) in [6.45, 7) is -0.290. The summed E-state index contributed by atoms with van der Waals surface area (Å²) in [6.07, 6.45) is -7.01. The summed E-state index contributed by atoms with van der Waals surface area (Å²) < 4.78 is 75.0. The molecular formula is C13H15F4NO3S. The molecule has 0 aliphatic carbocycles. The van der Waals surface area contributed by atoms with Crippen LogP contribution in [0.4, 0.5) is 17.6 Å². The number of benzene rings is 1. The highest BCUT2D eigenvalue weighted by Crippen LogP contribution is 2.35. The number of rotatable bonds is 4. The highest BCUT2D eigenvalue weighted by atomic mass is 32.2. The average molecular weight is 341 g/mol. The summed E-state index contributed by atoms with van der Waals surface area (Å²) in [5.74, 6) is -1.67. The van der Waals surface area contributed by atoms with E-state index in [0.717, 1.165) is 10.4 Å². The molecule has 0 saturated carbocycles. The van der Waals surface area contributed by atoms with Crippen molar-refractivity contribution in [3.8, 4) is 0 Å². The number of hydrogen-bond acceptors (Lipinski definition) is 3. The maximum Gasteiger partial charge on any atom is 0.390 e. The van der Waals surface area contributed by atoms with Gasteiger partial charge in [0, 0.05) is 6.54 Å². The van der Waals surface area contributed by atoms with E-state index in [1.54, 1.807) is 0 Å². The van der Waals surface area contributed by atoms with E-state index >= 15 is 0 Å². The predicted molar refractivity (Wildman–Crippen MR) is 70.9 cm³/mol. The number of hydrogen-bond donors (Lipinski definition) is 1. The maximum absolute atomic E-state index is 13.3. The summed E-state index contributed by atoms with van der Waals surface area (Å²) in [7, 11) is -4.21. The highest BCUT2D eigenvalue weighted by Gasteiger charge is 2.41. The maximum atomic E-state index is 13.3. The molecule has 1 heterocycles. The summed E-state index contributed by atoms with van der Waals surface area (Å²) in [5, 5.41) is 9.67. The van der Waals surface area contributed by atoms with Gasteiger partial charge in [0.15, 0.2) is 0 Å². The summed E-state index contributed by atoms with van der Waals surface area (Å²) in [6, 6.07) is 4.31. The van der Waals surface area contributed by atoms with Crippen LogP contribution in [0.25, 0.3) is 0 Å². The number of sulfonamides is 1. The van der Waals surface area contributed by atoms with Crippen LogP contribution in [0.3, 0.4) is 0 Å². The van der Waals surface area contributed by atoms with Crippen LogP contribution in [0.2, 0.25) is 0 Å². The van der Waals surface area contributed by atoms with Crippen molar-refractivity contribution in [3.63, 3.8) is 0 Å². The van der Waals surface area contributed by atoms with Gasteiger partial charge in [0.1, 0.15) is 5.82 Å². The molecule has 0 amide bonds. The lowest BCUT2D eigenvalue weighted by atomic mass is 10.0. The van der Waals surface area contributed by atoms with Gasteiger partial charge in [-0.25, -0.2) is 12.8 Å². The Morgan fingerprint density at radius 3 is 2.59 bits per heavy atom. The summed E-state index contributed by atoms with van der Waals surface area (Å²) in [5.41, 5.74) is 0.312. The Labute approximate surface area is 125 Å². The van der Waals surface area contributed by atoms with Gasteiger partial charge in [-0.2, -0.15) is 17.5 Å². The molecule has 2 rings (SSSR count). The Balaban J connectivity index is 2.24. The fraction of sp³-hybridized carbons (Fsp3) is 0.538. The molecule has 0 radical (unpaired) electrons. The van der Waals surface area contributed by atoms with E-state index in [9.17, 15) is 31.1 Å². The number of aliphatic hydroxyl groups is 1. The Kier molecular flexibility index (Phi) is 4.78. The minimum atomic E-state index is -4.58. The standard InChI is InChI=1S/C13H15F4NO3S/c14-10-3-1-2-9(6-10)12-7-11(19)8-18(12)22(20,21)5-4-13(15,16)17/h1-3,6,11-12,19H,4-5,7-8H2/t11-,12-/m0/s1. The molecule has 0 unspecified atom stereocenters. The first-order valence-corrected chi connectivity index (χ1v) is 8.19. The van der Waals surface area contributed by atoms with E-state index in [2.05, 4.69) is 0 Å². The van der Waals surface area contributed by atoms with Crippen molar-refractivity contribution < 1.29 is 31.1 Å². The largest absolute Gasteiger partial charge is 0.392 e. The zero-order valence-electron chi connectivity index (χ0n) is 11.4. The van der Waals surface area contributed by atoms with Crippen LogP contribution in [0, 0.1) is 5.82 Å². The molecule has 1 aromatic carbocycles. The third kappa shape index (κ3) is 4.17. The highest BCUT2D eigenvalue weighted by molar-refractivity contribution is 7.89. The second-order valence-corrected chi connectivity index (χ2v) is 7.25. The van der Waals surface area contributed by atoms with Crippen LogP contribution in [0.1, 0.15) is 24.4 Å². The van der Waals surface area contributed by atoms with Crippen molar-refractivity contribution in [1.29, 1.82) is 0 Å². The first kappa shape index (κ1) is 17.2. The second-order valence-electron chi connectivity index (χ2n) is 5.21. The minimum Gasteiger partial charge on any atom is -0.392 e. The van der Waals surface area contributed by atoms with Crippen molar-refractivity contribution in [3.05, 3.63) is 35.6 Å². The van der Waals surface area contributed by atoms with Gasteiger partial charge in [0.2, 0.25) is 10.0 Å². The molecule has 1 fully saturated rings. The van der Waals surface area contributed by atoms with Crippen LogP contribution in [0.5, 0.6) is 0 Å². The molecule has 2 atom stereocenters. The van der Waals surface area contributed by atoms with Crippen molar-refractivity contribution >= 4 is 10.0 Å². The normalized spacial score (nSPS) is 23.9. The molecule has 1 aromatic rings. The third-order valence-corrected chi connectivity index (χ3v) is 5.31. The van der Waals surface area contributed by atoms with Gasteiger partial charge in [-0.3, -0.25) is 0 Å². The fourth-order valence-electron chi connectivity index (χ4n) is 2.47. The van der Waals surface area contributed by atoms with Crippen molar-refractivity contribution in [1.82, 2.24) is 4.31 Å². The molecule has 1 aliphatic heterocycles. The first-order chi connectivity index (χ1) is 10.1. The van der Waals surface area contributed by atoms with Gasteiger partial charge < -0.3 is 5.11 Å². The molecular weight excluding hydrogens is 326 g/mol. The van der Waals surface area contributed by atoms with E-state index in [4.69, 9.17) is 0 Å². The lowest BCUT2D eigenvalue weighted by Gasteiger charge is -2.24. The van der Waals surface area contributed by atoms with E-state index in [1.165, 1.54) is 18.2 Å². The molecule has 22 heavy (non-hydrogen) atoms. The fourth-order valence-corrected chi connectivity index (χ4v) is 4.19. The minimum absolute atomic E-state index is 0.0225. The number of alkyl halides is 3. The van der Waals surface area contributed by atoms with Crippen molar-refractivity contribution in [2.75, 3.05) is 12.3 Å². The van der Waals surface area contributed by atoms with E-state index in [1.807, 2.05) is 0 Å². The van der Waals surface area contributed by atoms with Gasteiger partial charge in [-0.15, -0.1) is 0 Å². The van der Waals surface area contributed by atoms with Gasteiger partial charge in [-0.05, 0) is 24.1 Å². The van der Waals surface area contributed by atoms with Gasteiger partial charge in [-0.1, -0.05) is 12.1 Å². The van der Waals surface area contributed by atoms with Gasteiger partial charge >= 0.3 is 6.18 Å². The Hall–Kier alpha value is -1.19. The number of β-amino-alcohol motifs (C(OH)–C–C–N with tert-alkyl or cyclic N) is 1. The summed E-state index contributed by atoms with van der Waals surface area (Å²) in [4.78, 5) is 0. The zero-order valence-corrected chi connectivity index (χ0v) is 12.2. The second kappa shape index (κ2) is 6.13. The molecule has 0 spiro atoms. The summed E-state index contributed by atoms with van der Waals surface area (Å²) >= 11 is 0. The molecule has 1 N–H and O–H groups in total. The smallest absolute Gasteiger partial charge is 0.390 e. The van der Waals surface area contributed by atoms with Crippen LogP contribution < -0.4 is 0 Å². The number of aliphatic hydroxyl groups excluding tert-OH is 1. The van der Waals surface area contributed by atoms with Crippen LogP contribution >= 0.6 is 0 Å². The molecule has 1 aliphatic rings. The topological polar surface area (TPSA) is 57.6 Å². The Morgan fingerprint density at radius 2 is 2.00 bits per heavy atom. The molecule has 124 valence electrons. The third-order valence-electron chi connectivity index (χ3n) is 3.47. The predicted octanol–water partition coefficient (Wildman–Crippen LogP) is 2.22. The number of halogens is 4. The van der Waals surface area contributed by atoms with Crippen molar-refractivity contribution in [2.24, 2.45) is 0 Å². The van der Waals surface area contributed by atoms with Crippen LogP contribution in [-0.4, -0.2) is 42.4 Å². The van der Waals surface area contributed by atoms with Gasteiger partial charge in [0.05, 0.1) is 24.3 Å². The molecule has 4 nitrogen and oxygen atoms in total. The lowest BCUT2D eigenvalue weighted by molar-refractivity contribution is -0.130. The first-order valence-electron chi connectivity index (χ1n) is 6.58. The lowest BCUT2D eigenvalue weighted by Crippen LogP contribution is -2.35. The molecule has 0 bridgehead atoms. The van der Waals surface area contributed by atoms with E-state index in [-0.39, 0.29) is 13.0 Å². The zero-order chi connectivity index (χ0) is 16.5. The van der Waals surface area contributed by atoms with Crippen LogP contribution in [-0.2, 0) is 10.0 Å². The number of nitrogens with zero attached hydrogens (tertiary/aromatic N) is 1. The van der Waals surface area contributed by atoms with Crippen LogP contribution in [0.15, 0.2) is 24.3 Å². The average Bonchev–Trinajstić information content (AvgIpc) is 2.79. The SMILES string of the molecule is O=S(=O)(CCC(F)(F)F)N1C[C@@H](O)C[C@H]1c1cccc(F)c1. The van der Waals surface area contributed by atoms with E-state index in [0.29, 0.717) is 5.56 Å². The Morgan fingerprint density at radius 1 is 1.32 bits per heavy atom. The van der Waals surface area contributed by atoms with E-state index < -0.39 is 46.3 Å². The quantitative estimate of drug-likeness (QED) is 0.855.